The summed E-state index contributed by atoms with van der Waals surface area (Å²) < 4.78 is 76.0. The van der Waals surface area contributed by atoms with E-state index in [-0.39, 0.29) is 46.7 Å². The highest BCUT2D eigenvalue weighted by Gasteiger charge is 2.34. The molecule has 6 rings (SSSR count). The van der Waals surface area contributed by atoms with E-state index in [9.17, 15) is 35.5 Å². The minimum atomic E-state index is -4.37. The number of anilines is 2. The van der Waals surface area contributed by atoms with E-state index >= 15 is 0 Å². The summed E-state index contributed by atoms with van der Waals surface area (Å²) in [7, 11) is -8.75. The van der Waals surface area contributed by atoms with Crippen LogP contribution in [0.5, 0.6) is 11.5 Å². The van der Waals surface area contributed by atoms with Gasteiger partial charge in [-0.3, -0.25) is 18.7 Å². The number of ether oxygens (including phenoxy) is 2. The van der Waals surface area contributed by atoms with E-state index in [1.54, 1.807) is 36.4 Å². The molecule has 0 aliphatic carbocycles. The lowest BCUT2D eigenvalue weighted by molar-refractivity contribution is -0.115. The van der Waals surface area contributed by atoms with Gasteiger partial charge >= 0.3 is 0 Å². The van der Waals surface area contributed by atoms with E-state index in [2.05, 4.69) is 51.7 Å². The molecule has 378 valence electrons. The van der Waals surface area contributed by atoms with Gasteiger partial charge in [0.05, 0.1) is 43.7 Å². The average molecular weight is 999 g/mol. The number of hydrogen-bond acceptors (Lipinski definition) is 10. The number of benzene rings is 4. The molecule has 0 unspecified atom stereocenters. The van der Waals surface area contributed by atoms with Crippen molar-refractivity contribution in [2.45, 2.75) is 118 Å². The Labute approximate surface area is 415 Å². The molecular weight excluding hydrogens is 929 g/mol. The zero-order valence-corrected chi connectivity index (χ0v) is 43.8. The molecule has 2 amide bonds. The molecule has 4 aromatic rings. The van der Waals surface area contributed by atoms with E-state index in [1.807, 2.05) is 52.0 Å². The van der Waals surface area contributed by atoms with Gasteiger partial charge in [0.25, 0.3) is 32.1 Å². The fraction of sp³-hybridized carbons (Fsp3) is 0.407. The molecule has 0 bridgehead atoms. The third-order valence-corrected chi connectivity index (χ3v) is 13.9. The van der Waals surface area contributed by atoms with E-state index in [0.717, 1.165) is 23.0 Å². The Morgan fingerprint density at radius 1 is 0.486 bits per heavy atom. The third-order valence-electron chi connectivity index (χ3n) is 12.1. The van der Waals surface area contributed by atoms with Gasteiger partial charge in [-0.25, -0.2) is 0 Å². The number of hydrazone groups is 2. The summed E-state index contributed by atoms with van der Waals surface area (Å²) in [6.45, 7) is 21.8. The molecule has 2 aliphatic rings. The number of carbonyl (C=O) groups excluding carboxylic acids is 2. The van der Waals surface area contributed by atoms with Crippen LogP contribution in [0.15, 0.2) is 128 Å². The smallest absolute Gasteiger partial charge is 0.294 e. The molecule has 70 heavy (non-hydrogen) atoms. The quantitative estimate of drug-likeness (QED) is 0.0519. The van der Waals surface area contributed by atoms with Crippen molar-refractivity contribution >= 4 is 67.0 Å². The number of carbonyl (C=O) groups is 2. The van der Waals surface area contributed by atoms with E-state index in [4.69, 9.17) is 9.47 Å². The number of rotatable bonds is 19. The molecule has 2 aliphatic heterocycles. The largest absolute Gasteiger partial charge is 0.490 e. The second-order valence-corrected chi connectivity index (χ2v) is 20.4. The monoisotopic (exact) mass is 998 g/mol. The summed E-state index contributed by atoms with van der Waals surface area (Å²) in [4.78, 5) is 26.2. The molecule has 0 saturated heterocycles. The lowest BCUT2D eigenvalue weighted by Crippen LogP contribution is -2.21. The molecule has 16 heteroatoms. The summed E-state index contributed by atoms with van der Waals surface area (Å²) >= 11 is 0. The molecule has 14 nitrogen and oxygen atoms in total. The summed E-state index contributed by atoms with van der Waals surface area (Å²) in [6, 6.07) is 24.8. The van der Waals surface area contributed by atoms with Crippen LogP contribution in [0.1, 0.15) is 119 Å². The minimum Gasteiger partial charge on any atom is -0.490 e. The van der Waals surface area contributed by atoms with Crippen molar-refractivity contribution in [2.24, 2.45) is 33.9 Å². The second kappa shape index (κ2) is 26.3. The summed E-state index contributed by atoms with van der Waals surface area (Å²) in [6.07, 6.45) is 11.6. The Hall–Kier alpha value is -5.94. The van der Waals surface area contributed by atoms with Crippen LogP contribution in [0, 0.1) is 23.7 Å². The first-order valence-electron chi connectivity index (χ1n) is 24.1. The van der Waals surface area contributed by atoms with Crippen LogP contribution in [0.4, 0.5) is 11.4 Å². The van der Waals surface area contributed by atoms with Gasteiger partial charge in [-0.2, -0.15) is 37.1 Å². The van der Waals surface area contributed by atoms with Crippen molar-refractivity contribution in [3.63, 3.8) is 0 Å². The van der Waals surface area contributed by atoms with Gasteiger partial charge in [0.1, 0.15) is 24.7 Å². The van der Waals surface area contributed by atoms with Crippen LogP contribution in [-0.4, -0.2) is 62.4 Å². The zero-order chi connectivity index (χ0) is 51.8. The van der Waals surface area contributed by atoms with Crippen molar-refractivity contribution < 1.29 is 45.0 Å². The Morgan fingerprint density at radius 2 is 0.771 bits per heavy atom. The van der Waals surface area contributed by atoms with E-state index in [0.29, 0.717) is 45.4 Å². The maximum atomic E-state index is 13.4. The number of hydrogen-bond donors (Lipinski definition) is 2. The van der Waals surface area contributed by atoms with Crippen LogP contribution in [0.3, 0.4) is 0 Å². The molecule has 0 aromatic heterocycles. The van der Waals surface area contributed by atoms with Crippen LogP contribution in [0.2, 0.25) is 0 Å². The summed E-state index contributed by atoms with van der Waals surface area (Å²) in [5, 5.41) is 11.4. The SMILES string of the molecule is CC(C)C1=NN(c2ccc(S(=O)(=O)O)cc2)C(=O)C1=Cc1ccc(OCCOc2ccc(C=C3C(=O)N(c4ccc(S(=O)(=O)O)cc4)N=C3C(C)C)cc2)cc1.CCC(CC)CC.CCC(CC)CC. The first-order valence-corrected chi connectivity index (χ1v) is 27.0. The second-order valence-electron chi connectivity index (χ2n) is 17.6. The lowest BCUT2D eigenvalue weighted by atomic mass is 9.98. The first-order chi connectivity index (χ1) is 33.2. The molecule has 4 aromatic carbocycles. The zero-order valence-electron chi connectivity index (χ0n) is 42.1. The van der Waals surface area contributed by atoms with Gasteiger partial charge < -0.3 is 9.47 Å². The predicted molar refractivity (Wildman–Crippen MR) is 281 cm³/mol. The Morgan fingerprint density at radius 3 is 1.00 bits per heavy atom. The fourth-order valence-corrected chi connectivity index (χ4v) is 8.52. The van der Waals surface area contributed by atoms with Gasteiger partial charge in [-0.1, -0.05) is 132 Å². The standard InChI is InChI=1S/C40H38N4O10S2.2C7H16/c1-25(2)37-35(39(45)43(41-37)29-9-17-33(18-10-29)55(47,48)49)23-27-5-13-31(14-6-27)53-21-22-54-32-15-7-28(8-16-32)24-36-38(26(3)4)42-44(40(36)46)30-11-19-34(20-12-30)56(50,51)52;2*1-4-7(5-2)6-3/h5-20,23-26H,21-22H2,1-4H3,(H,47,48,49)(H,50,51,52);2*7H,4-6H2,1-3H3. The summed E-state index contributed by atoms with van der Waals surface area (Å²) in [5.41, 5.74) is 4.17. The normalized spacial score (nSPS) is 15.1. The van der Waals surface area contributed by atoms with Crippen molar-refractivity contribution in [1.82, 2.24) is 0 Å². The fourth-order valence-electron chi connectivity index (χ4n) is 7.56. The molecule has 0 radical (unpaired) electrons. The van der Waals surface area contributed by atoms with Crippen molar-refractivity contribution in [3.05, 3.63) is 119 Å². The van der Waals surface area contributed by atoms with E-state index < -0.39 is 20.2 Å². The average Bonchev–Trinajstić information content (AvgIpc) is 3.85. The Kier molecular flexibility index (Phi) is 21.3. The first kappa shape index (κ1) is 56.6. The number of nitrogens with zero attached hydrogens (tertiary/aromatic N) is 4. The highest BCUT2D eigenvalue weighted by Crippen LogP contribution is 2.31. The van der Waals surface area contributed by atoms with Crippen LogP contribution < -0.4 is 19.5 Å². The molecular formula is C54H70N4O10S2. The molecule has 2 N–H and O–H groups in total. The van der Waals surface area contributed by atoms with Gasteiger partial charge in [0, 0.05) is 0 Å². The minimum absolute atomic E-state index is 0.0755. The molecule has 0 atom stereocenters. The Bertz CT molecular complexity index is 2500. The highest BCUT2D eigenvalue weighted by atomic mass is 32.2. The van der Waals surface area contributed by atoms with Gasteiger partial charge in [-0.05, 0) is 120 Å². The van der Waals surface area contributed by atoms with Gasteiger partial charge in [-0.15, -0.1) is 0 Å². The topological polar surface area (TPSA) is 193 Å². The number of amides is 2. The molecule has 0 spiro atoms. The maximum Gasteiger partial charge on any atom is 0.294 e. The van der Waals surface area contributed by atoms with E-state index in [1.165, 1.54) is 97.1 Å². The maximum absolute atomic E-state index is 13.4. The highest BCUT2D eigenvalue weighted by molar-refractivity contribution is 7.86. The van der Waals surface area contributed by atoms with Crippen LogP contribution >= 0.6 is 0 Å². The Balaban J connectivity index is 0.000000664. The third kappa shape index (κ3) is 15.8. The van der Waals surface area contributed by atoms with Crippen molar-refractivity contribution in [1.29, 1.82) is 0 Å². The molecule has 0 fully saturated rings. The summed E-state index contributed by atoms with van der Waals surface area (Å²) in [5.74, 6) is 2.28. The van der Waals surface area contributed by atoms with Crippen molar-refractivity contribution in [2.75, 3.05) is 23.2 Å². The molecule has 2 heterocycles. The lowest BCUT2D eigenvalue weighted by Gasteiger charge is -2.12. The van der Waals surface area contributed by atoms with Crippen LogP contribution in [0.25, 0.3) is 12.2 Å². The predicted octanol–water partition coefficient (Wildman–Crippen LogP) is 12.2. The van der Waals surface area contributed by atoms with Crippen LogP contribution in [-0.2, 0) is 29.8 Å². The van der Waals surface area contributed by atoms with Gasteiger partial charge in [0.15, 0.2) is 0 Å². The van der Waals surface area contributed by atoms with Crippen molar-refractivity contribution in [3.8, 4) is 11.5 Å². The molecule has 0 saturated carbocycles. The van der Waals surface area contributed by atoms with Gasteiger partial charge in [0.2, 0.25) is 0 Å².